The lowest BCUT2D eigenvalue weighted by Gasteiger charge is -2.25. The summed E-state index contributed by atoms with van der Waals surface area (Å²) in [6.45, 7) is 5.78. The van der Waals surface area contributed by atoms with Crippen LogP contribution in [0.2, 0.25) is 0 Å². The van der Waals surface area contributed by atoms with Crippen molar-refractivity contribution in [2.45, 2.75) is 19.9 Å². The molecule has 0 aromatic heterocycles. The van der Waals surface area contributed by atoms with Crippen molar-refractivity contribution in [3.8, 4) is 0 Å². The van der Waals surface area contributed by atoms with Crippen LogP contribution < -0.4 is 11.1 Å². The Morgan fingerprint density at radius 2 is 2.11 bits per heavy atom. The normalized spacial score (nSPS) is 11.0. The van der Waals surface area contributed by atoms with Crippen molar-refractivity contribution in [2.24, 2.45) is 0 Å². The summed E-state index contributed by atoms with van der Waals surface area (Å²) in [7, 11) is 1.66. The number of hydrogen-bond donors (Lipinski definition) is 2. The molecule has 106 valence electrons. The first kappa shape index (κ1) is 15.5. The molecular formula is C14H23N3O2. The topological polar surface area (TPSA) is 67.6 Å². The van der Waals surface area contributed by atoms with Crippen molar-refractivity contribution in [1.82, 2.24) is 4.90 Å². The second-order valence-electron chi connectivity index (χ2n) is 4.69. The van der Waals surface area contributed by atoms with Crippen LogP contribution in [0.5, 0.6) is 0 Å². The van der Waals surface area contributed by atoms with E-state index in [2.05, 4.69) is 24.1 Å². The number of rotatable bonds is 7. The third kappa shape index (κ3) is 5.28. The maximum absolute atomic E-state index is 12.0. The molecule has 0 fully saturated rings. The quantitative estimate of drug-likeness (QED) is 0.734. The predicted octanol–water partition coefficient (Wildman–Crippen LogP) is 1.56. The summed E-state index contributed by atoms with van der Waals surface area (Å²) >= 11 is 0. The molecule has 1 amide bonds. The number of carbonyl (C=O) groups is 1. The van der Waals surface area contributed by atoms with E-state index in [1.165, 1.54) is 0 Å². The van der Waals surface area contributed by atoms with Gasteiger partial charge in [0.15, 0.2) is 0 Å². The highest BCUT2D eigenvalue weighted by molar-refractivity contribution is 5.95. The van der Waals surface area contributed by atoms with E-state index in [1.807, 2.05) is 12.1 Å². The van der Waals surface area contributed by atoms with Gasteiger partial charge < -0.3 is 15.8 Å². The summed E-state index contributed by atoms with van der Waals surface area (Å²) in [4.78, 5) is 14.0. The minimum absolute atomic E-state index is 0.0669. The zero-order chi connectivity index (χ0) is 14.3. The molecule has 3 N–H and O–H groups in total. The molecule has 0 saturated carbocycles. The molecule has 5 nitrogen and oxygen atoms in total. The van der Waals surface area contributed by atoms with Crippen molar-refractivity contribution >= 4 is 17.3 Å². The summed E-state index contributed by atoms with van der Waals surface area (Å²) in [6.07, 6.45) is 0. The summed E-state index contributed by atoms with van der Waals surface area (Å²) in [5, 5.41) is 2.83. The lowest BCUT2D eigenvalue weighted by molar-refractivity contribution is -0.117. The number of amides is 1. The van der Waals surface area contributed by atoms with Gasteiger partial charge in [-0.25, -0.2) is 0 Å². The number of anilines is 2. The Balaban J connectivity index is 2.55. The molecule has 0 bridgehead atoms. The van der Waals surface area contributed by atoms with Gasteiger partial charge in [-0.2, -0.15) is 0 Å². The molecule has 0 aliphatic rings. The molecule has 1 rings (SSSR count). The van der Waals surface area contributed by atoms with Gasteiger partial charge in [0.1, 0.15) is 0 Å². The molecular weight excluding hydrogens is 242 g/mol. The molecule has 19 heavy (non-hydrogen) atoms. The van der Waals surface area contributed by atoms with Gasteiger partial charge in [0.25, 0.3) is 0 Å². The van der Waals surface area contributed by atoms with Crippen LogP contribution in [-0.4, -0.2) is 43.7 Å². The van der Waals surface area contributed by atoms with Gasteiger partial charge in [0.2, 0.25) is 5.91 Å². The van der Waals surface area contributed by atoms with Crippen molar-refractivity contribution in [1.29, 1.82) is 0 Å². The van der Waals surface area contributed by atoms with Gasteiger partial charge >= 0.3 is 0 Å². The van der Waals surface area contributed by atoms with Gasteiger partial charge in [-0.1, -0.05) is 12.1 Å². The van der Waals surface area contributed by atoms with Crippen molar-refractivity contribution in [3.05, 3.63) is 24.3 Å². The summed E-state index contributed by atoms with van der Waals surface area (Å²) in [5.74, 6) is -0.0669. The Morgan fingerprint density at radius 1 is 1.42 bits per heavy atom. The molecule has 0 saturated heterocycles. The first-order valence-corrected chi connectivity index (χ1v) is 6.42. The molecule has 5 heteroatoms. The monoisotopic (exact) mass is 265 g/mol. The number of hydrogen-bond acceptors (Lipinski definition) is 4. The van der Waals surface area contributed by atoms with Crippen molar-refractivity contribution < 1.29 is 9.53 Å². The number of nitrogens with one attached hydrogen (secondary N) is 1. The Bertz CT molecular complexity index is 407. The number of nitrogens with zero attached hydrogens (tertiary/aromatic N) is 1. The number of para-hydroxylation sites is 2. The van der Waals surface area contributed by atoms with E-state index in [-0.39, 0.29) is 11.9 Å². The number of ether oxygens (including phenoxy) is 1. The minimum atomic E-state index is -0.0669. The van der Waals surface area contributed by atoms with E-state index < -0.39 is 0 Å². The first-order valence-electron chi connectivity index (χ1n) is 6.42. The highest BCUT2D eigenvalue weighted by Gasteiger charge is 2.14. The average Bonchev–Trinajstić information content (AvgIpc) is 2.37. The van der Waals surface area contributed by atoms with Crippen LogP contribution in [-0.2, 0) is 9.53 Å². The first-order chi connectivity index (χ1) is 9.04. The molecule has 0 radical (unpaired) electrons. The largest absolute Gasteiger partial charge is 0.397 e. The van der Waals surface area contributed by atoms with E-state index in [9.17, 15) is 4.79 Å². The maximum Gasteiger partial charge on any atom is 0.238 e. The van der Waals surface area contributed by atoms with E-state index in [0.717, 1.165) is 6.54 Å². The summed E-state index contributed by atoms with van der Waals surface area (Å²) < 4.78 is 5.05. The van der Waals surface area contributed by atoms with Gasteiger partial charge in [0, 0.05) is 19.7 Å². The zero-order valence-corrected chi connectivity index (χ0v) is 11.8. The van der Waals surface area contributed by atoms with Crippen LogP contribution in [0.25, 0.3) is 0 Å². The molecule has 0 heterocycles. The highest BCUT2D eigenvalue weighted by Crippen LogP contribution is 2.16. The van der Waals surface area contributed by atoms with Crippen LogP contribution in [0, 0.1) is 0 Å². The fourth-order valence-corrected chi connectivity index (χ4v) is 1.71. The number of methoxy groups -OCH3 is 1. The Kier molecular flexibility index (Phi) is 6.32. The van der Waals surface area contributed by atoms with E-state index in [0.29, 0.717) is 24.5 Å². The Hall–Kier alpha value is -1.59. The van der Waals surface area contributed by atoms with Gasteiger partial charge in [-0.3, -0.25) is 9.69 Å². The molecule has 1 aromatic carbocycles. The predicted molar refractivity (Wildman–Crippen MR) is 78.1 cm³/mol. The molecule has 0 aliphatic carbocycles. The third-order valence-electron chi connectivity index (χ3n) is 2.89. The molecule has 0 spiro atoms. The molecule has 0 unspecified atom stereocenters. The van der Waals surface area contributed by atoms with E-state index in [1.54, 1.807) is 19.2 Å². The zero-order valence-electron chi connectivity index (χ0n) is 11.8. The van der Waals surface area contributed by atoms with Crippen LogP contribution >= 0.6 is 0 Å². The second kappa shape index (κ2) is 7.76. The number of carbonyl (C=O) groups excluding carboxylic acids is 1. The number of nitrogen functional groups attached to an aromatic ring is 1. The standard InChI is InChI=1S/C14H23N3O2/c1-11(2)17(8-9-19-3)10-14(18)16-13-7-5-4-6-12(13)15/h4-7,11H,8-10,15H2,1-3H3,(H,16,18). The number of benzene rings is 1. The molecule has 0 atom stereocenters. The fraction of sp³-hybridized carbons (Fsp3) is 0.500. The van der Waals surface area contributed by atoms with Crippen LogP contribution in [0.3, 0.4) is 0 Å². The smallest absolute Gasteiger partial charge is 0.238 e. The summed E-state index contributed by atoms with van der Waals surface area (Å²) in [5.41, 5.74) is 7.02. The highest BCUT2D eigenvalue weighted by atomic mass is 16.5. The lowest BCUT2D eigenvalue weighted by atomic mass is 10.2. The Morgan fingerprint density at radius 3 is 2.68 bits per heavy atom. The number of nitrogens with two attached hydrogens (primary N) is 1. The van der Waals surface area contributed by atoms with Crippen molar-refractivity contribution in [2.75, 3.05) is 37.9 Å². The Labute approximate surface area is 114 Å². The van der Waals surface area contributed by atoms with Crippen molar-refractivity contribution in [3.63, 3.8) is 0 Å². The SMILES string of the molecule is COCCN(CC(=O)Nc1ccccc1N)C(C)C. The van der Waals surface area contributed by atoms with Gasteiger partial charge in [-0.05, 0) is 26.0 Å². The lowest BCUT2D eigenvalue weighted by Crippen LogP contribution is -2.40. The van der Waals surface area contributed by atoms with E-state index in [4.69, 9.17) is 10.5 Å². The fourth-order valence-electron chi connectivity index (χ4n) is 1.71. The third-order valence-corrected chi connectivity index (χ3v) is 2.89. The van der Waals surface area contributed by atoms with Crippen LogP contribution in [0.4, 0.5) is 11.4 Å². The molecule has 0 aliphatic heterocycles. The summed E-state index contributed by atoms with van der Waals surface area (Å²) in [6, 6.07) is 7.53. The van der Waals surface area contributed by atoms with Gasteiger partial charge in [0.05, 0.1) is 24.5 Å². The molecule has 1 aromatic rings. The van der Waals surface area contributed by atoms with Crippen LogP contribution in [0.1, 0.15) is 13.8 Å². The van der Waals surface area contributed by atoms with Crippen LogP contribution in [0.15, 0.2) is 24.3 Å². The average molecular weight is 265 g/mol. The maximum atomic E-state index is 12.0. The second-order valence-corrected chi connectivity index (χ2v) is 4.69. The van der Waals surface area contributed by atoms with Gasteiger partial charge in [-0.15, -0.1) is 0 Å². The minimum Gasteiger partial charge on any atom is -0.397 e. The van der Waals surface area contributed by atoms with E-state index >= 15 is 0 Å².